The number of fused-ring (bicyclic) bond motifs is 10. The molecule has 0 N–H and O–H groups in total. The Morgan fingerprint density at radius 3 is 1.45 bits per heavy atom. The normalized spacial score (nSPS) is 15.5. The number of furan rings is 1. The van der Waals surface area contributed by atoms with E-state index in [1.807, 2.05) is 0 Å². The van der Waals surface area contributed by atoms with E-state index in [1.165, 1.54) is 82.5 Å². The minimum Gasteiger partial charge on any atom is -0.456 e. The molecule has 16 aromatic rings. The highest BCUT2D eigenvalue weighted by atomic mass is 16.3. The lowest BCUT2D eigenvalue weighted by Gasteiger charge is -2.18. The number of hydrogen-bond acceptors (Lipinski definition) is 1. The van der Waals surface area contributed by atoms with Crippen LogP contribution in [0.5, 0.6) is 0 Å². The van der Waals surface area contributed by atoms with Crippen molar-refractivity contribution in [2.45, 2.75) is 0 Å². The highest BCUT2D eigenvalue weighted by molar-refractivity contribution is 6.27. The first-order chi connectivity index (χ1) is 46.9. The Bertz CT molecular complexity index is 6110. The first-order valence-electron chi connectivity index (χ1n) is 35.3. The molecular weight excluding hydrogens is 929 g/mol. The van der Waals surface area contributed by atoms with Crippen molar-refractivity contribution in [2.75, 3.05) is 0 Å². The van der Waals surface area contributed by atoms with Gasteiger partial charge in [0.15, 0.2) is 0 Å². The standard InChI is InChI=1S/C40H26.C36H22O/c1-2-13-29-25-32(24-23-27(29)11-1)40-37-20-7-5-18-35(37)39(36-19-6-8-21-38(36)40)31-16-9-15-30(26-31)34-22-10-14-28-12-3-4-17-33(28)34;1-2-11-23(12-3-1)34-26-15-6-8-17-28(26)35(29-18-9-7-16-27(29)34)30-19-10-20-32-36(30)31-21-24-13-4-5-14-25(24)22-33(31)37-32/h1-26H;1-22H/i;1D,2D,3D,4D,5D,6D,7D,8D,9D,10D,11D,12D,13D,14D,15D,16D,17D,18D,19D,20D,22D. The van der Waals surface area contributed by atoms with Gasteiger partial charge in [0.2, 0.25) is 0 Å². The van der Waals surface area contributed by atoms with Crippen molar-refractivity contribution in [1.82, 2.24) is 0 Å². The molecular formula is C76H48O. The third-order valence-corrected chi connectivity index (χ3v) is 14.4. The van der Waals surface area contributed by atoms with Gasteiger partial charge in [-0.05, 0) is 161 Å². The average molecular weight is 998 g/mol. The Labute approximate surface area is 475 Å². The maximum Gasteiger partial charge on any atom is 0.136 e. The Balaban J connectivity index is 0.000000170. The Morgan fingerprint density at radius 2 is 0.766 bits per heavy atom. The van der Waals surface area contributed by atoms with E-state index >= 15 is 0 Å². The van der Waals surface area contributed by atoms with Crippen molar-refractivity contribution in [2.24, 2.45) is 0 Å². The van der Waals surface area contributed by atoms with Gasteiger partial charge in [0.25, 0.3) is 0 Å². The summed E-state index contributed by atoms with van der Waals surface area (Å²) in [7, 11) is 0. The summed E-state index contributed by atoms with van der Waals surface area (Å²) < 4.78 is 190. The molecule has 0 amide bonds. The molecule has 0 saturated carbocycles. The third kappa shape index (κ3) is 7.47. The van der Waals surface area contributed by atoms with E-state index in [9.17, 15) is 6.85 Å². The molecule has 0 aliphatic carbocycles. The molecule has 1 aromatic heterocycles. The van der Waals surface area contributed by atoms with Crippen LogP contribution in [0, 0.1) is 0 Å². The second kappa shape index (κ2) is 18.4. The van der Waals surface area contributed by atoms with Crippen LogP contribution < -0.4 is 0 Å². The molecule has 0 fully saturated rings. The fourth-order valence-electron chi connectivity index (χ4n) is 11.1. The monoisotopic (exact) mass is 998 g/mol. The lowest BCUT2D eigenvalue weighted by Crippen LogP contribution is -1.91. The van der Waals surface area contributed by atoms with Crippen molar-refractivity contribution >= 4 is 97.3 Å². The highest BCUT2D eigenvalue weighted by Crippen LogP contribution is 2.48. The van der Waals surface area contributed by atoms with Gasteiger partial charge in [-0.3, -0.25) is 0 Å². The van der Waals surface area contributed by atoms with Crippen LogP contribution in [-0.2, 0) is 0 Å². The van der Waals surface area contributed by atoms with Crippen molar-refractivity contribution < 1.29 is 33.2 Å². The smallest absolute Gasteiger partial charge is 0.136 e. The maximum atomic E-state index is 9.35. The van der Waals surface area contributed by atoms with E-state index in [0.717, 1.165) is 0 Å². The molecule has 0 aliphatic heterocycles. The van der Waals surface area contributed by atoms with Gasteiger partial charge in [-0.2, -0.15) is 0 Å². The zero-order valence-corrected chi connectivity index (χ0v) is 40.5. The number of rotatable bonds is 5. The van der Waals surface area contributed by atoms with Crippen LogP contribution >= 0.6 is 0 Å². The summed E-state index contributed by atoms with van der Waals surface area (Å²) in [6.07, 6.45) is 0. The number of benzene rings is 15. The number of hydrogen-bond donors (Lipinski definition) is 0. The summed E-state index contributed by atoms with van der Waals surface area (Å²) in [5.41, 5.74) is 4.54. The van der Waals surface area contributed by atoms with Gasteiger partial charge in [0, 0.05) is 10.8 Å². The van der Waals surface area contributed by atoms with Crippen LogP contribution in [0.3, 0.4) is 0 Å². The van der Waals surface area contributed by atoms with Crippen LogP contribution in [0.2, 0.25) is 0 Å². The highest BCUT2D eigenvalue weighted by Gasteiger charge is 2.21. The minimum atomic E-state index is -0.871. The van der Waals surface area contributed by atoms with E-state index in [-0.39, 0.29) is 27.1 Å². The Morgan fingerprint density at radius 1 is 0.247 bits per heavy atom. The van der Waals surface area contributed by atoms with E-state index < -0.39 is 176 Å². The van der Waals surface area contributed by atoms with Gasteiger partial charge in [-0.25, -0.2) is 0 Å². The summed E-state index contributed by atoms with van der Waals surface area (Å²) in [5.74, 6) is 0. The molecule has 358 valence electrons. The summed E-state index contributed by atoms with van der Waals surface area (Å²) in [4.78, 5) is 0. The molecule has 1 nitrogen and oxygen atoms in total. The SMILES string of the molecule is [2H]c1c([2H])c([2H])c(-c2c3c([2H])c([2H])c([2H])c([2H])c3c(-c3c([2H])c([2H])c([2H])c4oc5c([2H])c6c([2H])c([2H])c([2H])c([2H])c6cc5c34)c3c([2H])c([2H])c([2H])c([2H])c23)c([2H])c1[2H].c1cc(-c2cccc3ccccc23)cc(-c2c3ccccc3c(-c3ccc4ccccc4c3)c3ccccc23)c1. The van der Waals surface area contributed by atoms with Gasteiger partial charge in [0.05, 0.1) is 28.8 Å². The van der Waals surface area contributed by atoms with Crippen LogP contribution in [-0.4, -0.2) is 0 Å². The molecule has 0 unspecified atom stereocenters. The molecule has 0 spiro atoms. The van der Waals surface area contributed by atoms with Crippen LogP contribution in [0.1, 0.15) is 28.8 Å². The lowest BCUT2D eigenvalue weighted by atomic mass is 9.85. The third-order valence-electron chi connectivity index (χ3n) is 14.4. The van der Waals surface area contributed by atoms with E-state index in [1.54, 1.807) is 0 Å². The quantitative estimate of drug-likeness (QED) is 0.157. The Hall–Kier alpha value is -10.1. The molecule has 77 heavy (non-hydrogen) atoms. The van der Waals surface area contributed by atoms with E-state index in [4.69, 9.17) is 26.3 Å². The van der Waals surface area contributed by atoms with Crippen LogP contribution in [0.4, 0.5) is 0 Å². The Kier molecular flexibility index (Phi) is 6.69. The molecule has 1 heterocycles. The minimum absolute atomic E-state index is 0.146. The first kappa shape index (κ1) is 28.0. The topological polar surface area (TPSA) is 13.1 Å². The van der Waals surface area contributed by atoms with Crippen LogP contribution in [0.15, 0.2) is 295 Å². The zero-order chi connectivity index (χ0) is 69.1. The lowest BCUT2D eigenvalue weighted by molar-refractivity contribution is 0.669. The van der Waals surface area contributed by atoms with Gasteiger partial charge >= 0.3 is 0 Å². The van der Waals surface area contributed by atoms with E-state index in [0.29, 0.717) is 0 Å². The second-order valence-corrected chi connectivity index (χ2v) is 18.6. The van der Waals surface area contributed by atoms with Gasteiger partial charge in [-0.15, -0.1) is 0 Å². The fourth-order valence-corrected chi connectivity index (χ4v) is 11.1. The molecule has 0 radical (unpaired) electrons. The molecule has 0 bridgehead atoms. The summed E-state index contributed by atoms with van der Waals surface area (Å²) in [6, 6.07) is 42.3. The summed E-state index contributed by atoms with van der Waals surface area (Å²) >= 11 is 0. The maximum absolute atomic E-state index is 9.35. The van der Waals surface area contributed by atoms with Gasteiger partial charge < -0.3 is 4.42 Å². The predicted octanol–water partition coefficient (Wildman–Crippen LogP) is 21.7. The average Bonchev–Trinajstić information content (AvgIpc) is 1.19. The van der Waals surface area contributed by atoms with E-state index in [2.05, 4.69) is 158 Å². The summed E-state index contributed by atoms with van der Waals surface area (Å²) in [5, 5.41) is 7.08. The first-order valence-corrected chi connectivity index (χ1v) is 24.8. The van der Waals surface area contributed by atoms with Crippen molar-refractivity contribution in [3.63, 3.8) is 0 Å². The molecule has 15 aromatic carbocycles. The molecule has 0 saturated heterocycles. The predicted molar refractivity (Wildman–Crippen MR) is 330 cm³/mol. The molecule has 0 atom stereocenters. The molecule has 16 rings (SSSR count). The van der Waals surface area contributed by atoms with Crippen molar-refractivity contribution in [3.05, 3.63) is 291 Å². The fraction of sp³-hybridized carbons (Fsp3) is 0. The van der Waals surface area contributed by atoms with Crippen molar-refractivity contribution in [1.29, 1.82) is 0 Å². The summed E-state index contributed by atoms with van der Waals surface area (Å²) in [6.45, 7) is 0. The van der Waals surface area contributed by atoms with Gasteiger partial charge in [-0.1, -0.05) is 260 Å². The van der Waals surface area contributed by atoms with Crippen molar-refractivity contribution in [3.8, 4) is 55.6 Å². The van der Waals surface area contributed by atoms with Crippen LogP contribution in [0.25, 0.3) is 153 Å². The molecule has 1 heteroatoms. The second-order valence-electron chi connectivity index (χ2n) is 18.6. The van der Waals surface area contributed by atoms with Gasteiger partial charge in [0.1, 0.15) is 11.2 Å². The largest absolute Gasteiger partial charge is 0.456 e. The molecule has 0 aliphatic rings. The zero-order valence-electron chi connectivity index (χ0n) is 61.5.